The summed E-state index contributed by atoms with van der Waals surface area (Å²) in [5.41, 5.74) is 2.02. The summed E-state index contributed by atoms with van der Waals surface area (Å²) in [6.45, 7) is 1.71. The smallest absolute Gasteiger partial charge is 0.358 e. The lowest BCUT2D eigenvalue weighted by atomic mass is 10.2. The maximum Gasteiger partial charge on any atom is 0.358 e. The third-order valence-corrected chi connectivity index (χ3v) is 3.08. The molecule has 0 fully saturated rings. The molecule has 0 unspecified atom stereocenters. The van der Waals surface area contributed by atoms with E-state index in [4.69, 9.17) is 4.74 Å². The molecule has 1 aromatic carbocycles. The van der Waals surface area contributed by atoms with Crippen LogP contribution in [0.25, 0.3) is 6.08 Å². The van der Waals surface area contributed by atoms with Crippen molar-refractivity contribution in [1.82, 2.24) is 9.78 Å². The lowest BCUT2D eigenvalue weighted by molar-refractivity contribution is -0.111. The van der Waals surface area contributed by atoms with Crippen LogP contribution in [-0.2, 0) is 16.6 Å². The molecule has 22 heavy (non-hydrogen) atoms. The van der Waals surface area contributed by atoms with E-state index in [2.05, 4.69) is 10.4 Å². The molecule has 114 valence electrons. The number of anilines is 1. The van der Waals surface area contributed by atoms with E-state index in [1.165, 1.54) is 17.9 Å². The topological polar surface area (TPSA) is 73.2 Å². The van der Waals surface area contributed by atoms with Gasteiger partial charge in [0.25, 0.3) is 0 Å². The van der Waals surface area contributed by atoms with Gasteiger partial charge < -0.3 is 10.1 Å². The summed E-state index contributed by atoms with van der Waals surface area (Å²) in [4.78, 5) is 23.8. The highest BCUT2D eigenvalue weighted by Gasteiger charge is 2.21. The van der Waals surface area contributed by atoms with Crippen LogP contribution in [0.5, 0.6) is 0 Å². The number of amides is 1. The van der Waals surface area contributed by atoms with E-state index in [-0.39, 0.29) is 11.6 Å². The molecule has 0 saturated heterocycles. The Morgan fingerprint density at radius 3 is 2.59 bits per heavy atom. The average Bonchev–Trinajstić information content (AvgIpc) is 2.79. The Morgan fingerprint density at radius 1 is 1.27 bits per heavy atom. The van der Waals surface area contributed by atoms with Crippen LogP contribution in [0.3, 0.4) is 0 Å². The molecule has 0 saturated carbocycles. The highest BCUT2D eigenvalue weighted by atomic mass is 16.5. The van der Waals surface area contributed by atoms with Crippen LogP contribution < -0.4 is 5.32 Å². The number of aryl methyl sites for hydroxylation is 2. The minimum atomic E-state index is -0.551. The van der Waals surface area contributed by atoms with Gasteiger partial charge in [-0.2, -0.15) is 5.10 Å². The number of carbonyl (C=O) groups excluding carboxylic acids is 2. The van der Waals surface area contributed by atoms with Gasteiger partial charge in [0.1, 0.15) is 0 Å². The van der Waals surface area contributed by atoms with E-state index < -0.39 is 5.97 Å². The van der Waals surface area contributed by atoms with Crippen LogP contribution in [0.4, 0.5) is 5.69 Å². The summed E-state index contributed by atoms with van der Waals surface area (Å²) in [6.07, 6.45) is 3.10. The molecule has 0 aliphatic rings. The van der Waals surface area contributed by atoms with E-state index in [0.717, 1.165) is 5.56 Å². The number of methoxy groups -OCH3 is 1. The minimum Gasteiger partial charge on any atom is -0.464 e. The number of hydrogen-bond donors (Lipinski definition) is 1. The minimum absolute atomic E-state index is 0.210. The number of aromatic nitrogens is 2. The van der Waals surface area contributed by atoms with Gasteiger partial charge in [0.05, 0.1) is 18.5 Å². The van der Waals surface area contributed by atoms with Crippen LogP contribution in [0.2, 0.25) is 0 Å². The van der Waals surface area contributed by atoms with Crippen molar-refractivity contribution in [2.45, 2.75) is 6.92 Å². The molecule has 0 aliphatic heterocycles. The summed E-state index contributed by atoms with van der Waals surface area (Å²) < 4.78 is 6.10. The van der Waals surface area contributed by atoms with E-state index in [9.17, 15) is 9.59 Å². The zero-order valence-corrected chi connectivity index (χ0v) is 12.7. The average molecular weight is 299 g/mol. The molecule has 0 bridgehead atoms. The number of nitrogens with one attached hydrogen (secondary N) is 1. The molecule has 0 aliphatic carbocycles. The third kappa shape index (κ3) is 3.41. The normalized spacial score (nSPS) is 10.7. The van der Waals surface area contributed by atoms with Crippen LogP contribution in [0, 0.1) is 6.92 Å². The number of carbonyl (C=O) groups is 2. The van der Waals surface area contributed by atoms with Crippen molar-refractivity contribution >= 4 is 23.6 Å². The van der Waals surface area contributed by atoms with Crippen molar-refractivity contribution in [3.05, 3.63) is 53.4 Å². The first-order valence-corrected chi connectivity index (χ1v) is 6.69. The molecule has 6 heteroatoms. The highest BCUT2D eigenvalue weighted by molar-refractivity contribution is 6.06. The molecule has 1 aromatic heterocycles. The fourth-order valence-corrected chi connectivity index (χ4v) is 2.04. The summed E-state index contributed by atoms with van der Waals surface area (Å²) >= 11 is 0. The van der Waals surface area contributed by atoms with Crippen LogP contribution in [0.1, 0.15) is 21.7 Å². The van der Waals surface area contributed by atoms with Crippen LogP contribution >= 0.6 is 0 Å². The summed E-state index contributed by atoms with van der Waals surface area (Å²) in [5.74, 6) is -0.893. The molecular weight excluding hydrogens is 282 g/mol. The van der Waals surface area contributed by atoms with Gasteiger partial charge in [0.15, 0.2) is 5.69 Å². The first-order valence-electron chi connectivity index (χ1n) is 6.69. The number of rotatable bonds is 4. The molecule has 0 atom stereocenters. The number of ether oxygens (including phenoxy) is 1. The quantitative estimate of drug-likeness (QED) is 0.693. The largest absolute Gasteiger partial charge is 0.464 e. The first-order chi connectivity index (χ1) is 10.5. The number of esters is 1. The van der Waals surface area contributed by atoms with Gasteiger partial charge in [-0.05, 0) is 18.6 Å². The van der Waals surface area contributed by atoms with E-state index in [0.29, 0.717) is 11.4 Å². The van der Waals surface area contributed by atoms with Gasteiger partial charge in [-0.3, -0.25) is 9.48 Å². The fourth-order valence-electron chi connectivity index (χ4n) is 2.04. The van der Waals surface area contributed by atoms with Crippen molar-refractivity contribution in [1.29, 1.82) is 0 Å². The second-order valence-electron chi connectivity index (χ2n) is 4.66. The van der Waals surface area contributed by atoms with E-state index >= 15 is 0 Å². The summed E-state index contributed by atoms with van der Waals surface area (Å²) in [7, 11) is 2.90. The maximum absolute atomic E-state index is 12.0. The number of nitrogens with zero attached hydrogens (tertiary/aromatic N) is 2. The van der Waals surface area contributed by atoms with Crippen molar-refractivity contribution in [2.75, 3.05) is 12.4 Å². The summed E-state index contributed by atoms with van der Waals surface area (Å²) in [6, 6.07) is 9.45. The Labute approximate surface area is 128 Å². The fraction of sp³-hybridized carbons (Fsp3) is 0.188. The molecule has 2 rings (SSSR count). The first kappa shape index (κ1) is 15.5. The maximum atomic E-state index is 12.0. The Morgan fingerprint density at radius 2 is 1.95 bits per heavy atom. The molecule has 1 heterocycles. The number of hydrogen-bond acceptors (Lipinski definition) is 4. The van der Waals surface area contributed by atoms with E-state index in [1.54, 1.807) is 20.0 Å². The number of benzene rings is 1. The lowest BCUT2D eigenvalue weighted by Crippen LogP contribution is -2.15. The molecule has 6 nitrogen and oxygen atoms in total. The van der Waals surface area contributed by atoms with Gasteiger partial charge in [-0.25, -0.2) is 4.79 Å². The lowest BCUT2D eigenvalue weighted by Gasteiger charge is -2.05. The van der Waals surface area contributed by atoms with Crippen LogP contribution in [-0.4, -0.2) is 28.8 Å². The van der Waals surface area contributed by atoms with Gasteiger partial charge in [0, 0.05) is 13.1 Å². The van der Waals surface area contributed by atoms with E-state index in [1.807, 2.05) is 30.3 Å². The summed E-state index contributed by atoms with van der Waals surface area (Å²) in [5, 5.41) is 6.80. The van der Waals surface area contributed by atoms with Gasteiger partial charge >= 0.3 is 5.97 Å². The molecule has 2 aromatic rings. The molecule has 0 spiro atoms. The van der Waals surface area contributed by atoms with Gasteiger partial charge in [-0.15, -0.1) is 0 Å². The second-order valence-corrected chi connectivity index (χ2v) is 4.66. The Hall–Kier alpha value is -2.89. The van der Waals surface area contributed by atoms with Crippen molar-refractivity contribution in [3.8, 4) is 0 Å². The highest BCUT2D eigenvalue weighted by Crippen LogP contribution is 2.20. The Balaban J connectivity index is 2.19. The Kier molecular flexibility index (Phi) is 4.73. The third-order valence-electron chi connectivity index (χ3n) is 3.08. The zero-order valence-electron chi connectivity index (χ0n) is 12.7. The SMILES string of the molecule is COC(=O)c1c(NC(=O)/C=C/c2ccccc2)c(C)nn1C. The molecular formula is C16H17N3O3. The predicted octanol–water partition coefficient (Wildman–Crippen LogP) is 2.17. The standard InChI is InChI=1S/C16H17N3O3/c1-11-14(15(16(21)22-3)19(2)18-11)17-13(20)10-9-12-7-5-4-6-8-12/h4-10H,1-3H3,(H,17,20)/b10-9+. The molecule has 1 amide bonds. The zero-order chi connectivity index (χ0) is 16.1. The molecule has 0 radical (unpaired) electrons. The monoisotopic (exact) mass is 299 g/mol. The predicted molar refractivity (Wildman–Crippen MR) is 83.4 cm³/mol. The van der Waals surface area contributed by atoms with Crippen LogP contribution in [0.15, 0.2) is 36.4 Å². The Bertz CT molecular complexity index is 718. The van der Waals surface area contributed by atoms with Gasteiger partial charge in [0.2, 0.25) is 5.91 Å². The molecule has 1 N–H and O–H groups in total. The van der Waals surface area contributed by atoms with Crippen molar-refractivity contribution in [3.63, 3.8) is 0 Å². The second kappa shape index (κ2) is 6.71. The van der Waals surface area contributed by atoms with Crippen molar-refractivity contribution < 1.29 is 14.3 Å². The van der Waals surface area contributed by atoms with Gasteiger partial charge in [-0.1, -0.05) is 30.3 Å². The van der Waals surface area contributed by atoms with Crippen molar-refractivity contribution in [2.24, 2.45) is 7.05 Å².